The maximum atomic E-state index is 3.45. The Kier molecular flexibility index (Phi) is 5.86. The van der Waals surface area contributed by atoms with Gasteiger partial charge in [0.05, 0.1) is 0 Å². The molecule has 0 radical (unpaired) electrons. The summed E-state index contributed by atoms with van der Waals surface area (Å²) in [5, 5.41) is 6.79. The summed E-state index contributed by atoms with van der Waals surface area (Å²) in [6.07, 6.45) is 6.34. The van der Waals surface area contributed by atoms with Crippen LogP contribution in [0.5, 0.6) is 0 Å². The molecule has 0 heterocycles. The Hall–Kier alpha value is -2.22. The van der Waals surface area contributed by atoms with E-state index in [0.29, 0.717) is 5.41 Å². The highest BCUT2D eigenvalue weighted by atomic mass is 14.9. The van der Waals surface area contributed by atoms with E-state index < -0.39 is 0 Å². The van der Waals surface area contributed by atoms with Crippen molar-refractivity contribution < 1.29 is 0 Å². The van der Waals surface area contributed by atoms with Gasteiger partial charge in [-0.1, -0.05) is 52.0 Å². The van der Waals surface area contributed by atoms with Crippen molar-refractivity contribution in [1.82, 2.24) is 0 Å². The second-order valence-electron chi connectivity index (χ2n) is 7.07. The highest BCUT2D eigenvalue weighted by Gasteiger charge is 2.06. The highest BCUT2D eigenvalue weighted by Crippen LogP contribution is 2.21. The molecular formula is C21H28N2. The molecule has 122 valence electrons. The topological polar surface area (TPSA) is 24.1 Å². The van der Waals surface area contributed by atoms with Gasteiger partial charge in [0, 0.05) is 17.1 Å². The van der Waals surface area contributed by atoms with Gasteiger partial charge in [-0.25, -0.2) is 0 Å². The minimum absolute atomic E-state index is 0.326. The second kappa shape index (κ2) is 7.87. The lowest BCUT2D eigenvalue weighted by atomic mass is 9.92. The van der Waals surface area contributed by atoms with Crippen LogP contribution < -0.4 is 10.6 Å². The summed E-state index contributed by atoms with van der Waals surface area (Å²) in [5.74, 6) is 0. The highest BCUT2D eigenvalue weighted by molar-refractivity contribution is 5.65. The number of hydrogen-bond acceptors (Lipinski definition) is 2. The summed E-state index contributed by atoms with van der Waals surface area (Å²) < 4.78 is 0. The molecule has 2 aromatic rings. The van der Waals surface area contributed by atoms with Crippen molar-refractivity contribution in [3.8, 4) is 0 Å². The molecule has 0 aromatic heterocycles. The van der Waals surface area contributed by atoms with E-state index in [0.717, 1.165) is 29.9 Å². The lowest BCUT2D eigenvalue weighted by Crippen LogP contribution is -2.02. The molecule has 2 nitrogen and oxygen atoms in total. The average molecular weight is 308 g/mol. The van der Waals surface area contributed by atoms with Gasteiger partial charge in [-0.3, -0.25) is 0 Å². The Morgan fingerprint density at radius 2 is 1.61 bits per heavy atom. The first-order valence-electron chi connectivity index (χ1n) is 8.34. The maximum Gasteiger partial charge on any atom is 0.0405 e. The van der Waals surface area contributed by atoms with Crippen LogP contribution in [0, 0.1) is 5.41 Å². The lowest BCUT2D eigenvalue weighted by Gasteiger charge is -2.14. The molecule has 2 rings (SSSR count). The van der Waals surface area contributed by atoms with Crippen molar-refractivity contribution >= 4 is 17.1 Å². The molecule has 0 aliphatic rings. The van der Waals surface area contributed by atoms with Crippen LogP contribution in [0.25, 0.3) is 0 Å². The molecule has 2 heteroatoms. The number of nitrogens with one attached hydrogen (secondary N) is 2. The summed E-state index contributed by atoms with van der Waals surface area (Å²) in [6, 6.07) is 16.9. The van der Waals surface area contributed by atoms with Crippen LogP contribution >= 0.6 is 0 Å². The molecule has 0 saturated carbocycles. The van der Waals surface area contributed by atoms with E-state index >= 15 is 0 Å². The molecular weight excluding hydrogens is 280 g/mol. The lowest BCUT2D eigenvalue weighted by molar-refractivity contribution is 0.420. The molecule has 2 aromatic carbocycles. The zero-order valence-corrected chi connectivity index (χ0v) is 14.7. The van der Waals surface area contributed by atoms with Crippen LogP contribution in [0.2, 0.25) is 0 Å². The molecule has 0 atom stereocenters. The van der Waals surface area contributed by atoms with Gasteiger partial charge in [0.2, 0.25) is 0 Å². The Morgan fingerprint density at radius 3 is 2.26 bits per heavy atom. The molecule has 0 fully saturated rings. The number of allylic oxidation sites excluding steroid dienone is 1. The zero-order valence-electron chi connectivity index (χ0n) is 14.7. The van der Waals surface area contributed by atoms with E-state index in [2.05, 4.69) is 92.9 Å². The first-order valence-corrected chi connectivity index (χ1v) is 8.34. The fraction of sp³-hybridized carbons (Fsp3) is 0.333. The molecule has 0 saturated heterocycles. The SMILES string of the molecule is CCc1ccc(Nc2cccc(N/C=C/CC(C)(C)C)c2)cc1. The van der Waals surface area contributed by atoms with Crippen molar-refractivity contribution in [1.29, 1.82) is 0 Å². The molecule has 0 amide bonds. The quantitative estimate of drug-likeness (QED) is 0.649. The van der Waals surface area contributed by atoms with Gasteiger partial charge in [-0.2, -0.15) is 0 Å². The smallest absolute Gasteiger partial charge is 0.0405 e. The van der Waals surface area contributed by atoms with Crippen LogP contribution in [-0.2, 0) is 6.42 Å². The van der Waals surface area contributed by atoms with Gasteiger partial charge in [0.25, 0.3) is 0 Å². The van der Waals surface area contributed by atoms with Gasteiger partial charge in [-0.05, 0) is 60.4 Å². The maximum absolute atomic E-state index is 3.45. The van der Waals surface area contributed by atoms with Crippen molar-refractivity contribution in [2.75, 3.05) is 10.6 Å². The molecule has 2 N–H and O–H groups in total. The number of anilines is 3. The number of benzene rings is 2. The predicted molar refractivity (Wildman–Crippen MR) is 102 cm³/mol. The standard InChI is InChI=1S/C21H28N2/c1-5-17-10-12-18(13-11-17)23-20-9-6-8-19(16-20)22-15-7-14-21(2,3)4/h6-13,15-16,22-23H,5,14H2,1-4H3/b15-7+. The van der Waals surface area contributed by atoms with Crippen molar-refractivity contribution in [2.24, 2.45) is 5.41 Å². The van der Waals surface area contributed by atoms with Gasteiger partial charge >= 0.3 is 0 Å². The molecule has 0 aliphatic carbocycles. The van der Waals surface area contributed by atoms with Gasteiger partial charge in [0.1, 0.15) is 0 Å². The summed E-state index contributed by atoms with van der Waals surface area (Å²) in [4.78, 5) is 0. The Morgan fingerprint density at radius 1 is 0.913 bits per heavy atom. The van der Waals surface area contributed by atoms with E-state index in [-0.39, 0.29) is 0 Å². The van der Waals surface area contributed by atoms with E-state index in [1.807, 2.05) is 6.20 Å². The third-order valence-corrected chi connectivity index (χ3v) is 3.61. The largest absolute Gasteiger partial charge is 0.362 e. The summed E-state index contributed by atoms with van der Waals surface area (Å²) in [7, 11) is 0. The van der Waals surface area contributed by atoms with Gasteiger partial charge in [0.15, 0.2) is 0 Å². The Labute approximate surface area is 140 Å². The van der Waals surface area contributed by atoms with Crippen LogP contribution in [0.3, 0.4) is 0 Å². The molecule has 0 aliphatic heterocycles. The Bertz CT molecular complexity index is 634. The first kappa shape index (κ1) is 17.1. The summed E-state index contributed by atoms with van der Waals surface area (Å²) >= 11 is 0. The number of hydrogen-bond donors (Lipinski definition) is 2. The van der Waals surface area contributed by atoms with Gasteiger partial charge < -0.3 is 10.6 Å². The molecule has 0 spiro atoms. The van der Waals surface area contributed by atoms with Crippen molar-refractivity contribution in [2.45, 2.75) is 40.5 Å². The van der Waals surface area contributed by atoms with Crippen LogP contribution in [0.15, 0.2) is 60.8 Å². The number of rotatable bonds is 6. The van der Waals surface area contributed by atoms with Crippen LogP contribution in [-0.4, -0.2) is 0 Å². The minimum atomic E-state index is 0.326. The molecule has 23 heavy (non-hydrogen) atoms. The van der Waals surface area contributed by atoms with Crippen molar-refractivity contribution in [3.63, 3.8) is 0 Å². The average Bonchev–Trinajstić information content (AvgIpc) is 2.52. The van der Waals surface area contributed by atoms with E-state index in [4.69, 9.17) is 0 Å². The van der Waals surface area contributed by atoms with E-state index in [9.17, 15) is 0 Å². The monoisotopic (exact) mass is 308 g/mol. The van der Waals surface area contributed by atoms with Crippen molar-refractivity contribution in [3.05, 3.63) is 66.4 Å². The minimum Gasteiger partial charge on any atom is -0.362 e. The normalized spacial score (nSPS) is 11.7. The van der Waals surface area contributed by atoms with Crippen LogP contribution in [0.4, 0.5) is 17.1 Å². The number of aryl methyl sites for hydroxylation is 1. The van der Waals surface area contributed by atoms with E-state index in [1.54, 1.807) is 0 Å². The predicted octanol–water partition coefficient (Wildman–Crippen LogP) is 6.35. The summed E-state index contributed by atoms with van der Waals surface area (Å²) in [6.45, 7) is 8.90. The zero-order chi connectivity index (χ0) is 16.7. The first-order chi connectivity index (χ1) is 11.0. The fourth-order valence-electron chi connectivity index (χ4n) is 2.24. The molecule has 0 bridgehead atoms. The van der Waals surface area contributed by atoms with Crippen LogP contribution in [0.1, 0.15) is 39.7 Å². The Balaban J connectivity index is 1.96. The second-order valence-corrected chi connectivity index (χ2v) is 7.07. The molecule has 0 unspecified atom stereocenters. The summed E-state index contributed by atoms with van der Waals surface area (Å²) in [5.41, 5.74) is 4.97. The van der Waals surface area contributed by atoms with Gasteiger partial charge in [-0.15, -0.1) is 0 Å². The third kappa shape index (κ3) is 6.19. The fourth-order valence-corrected chi connectivity index (χ4v) is 2.24. The third-order valence-electron chi connectivity index (χ3n) is 3.61. The van der Waals surface area contributed by atoms with E-state index in [1.165, 1.54) is 5.56 Å².